The fourth-order valence-corrected chi connectivity index (χ4v) is 4.05. The third-order valence-corrected chi connectivity index (χ3v) is 5.60. The van der Waals surface area contributed by atoms with Gasteiger partial charge in [0.1, 0.15) is 0 Å². The summed E-state index contributed by atoms with van der Waals surface area (Å²) < 4.78 is 5.97. The summed E-state index contributed by atoms with van der Waals surface area (Å²) in [5.41, 5.74) is 1.61. The van der Waals surface area contributed by atoms with Crippen molar-refractivity contribution in [3.63, 3.8) is 0 Å². The number of fused-ring (bicyclic) bond motifs is 2. The van der Waals surface area contributed by atoms with Crippen LogP contribution in [0, 0.1) is 0 Å². The van der Waals surface area contributed by atoms with Crippen LogP contribution in [0.15, 0.2) is 115 Å². The van der Waals surface area contributed by atoms with Crippen LogP contribution in [-0.2, 0) is 4.74 Å². The second-order valence-electron chi connectivity index (χ2n) is 7.62. The maximum Gasteiger partial charge on any atom is 0.340 e. The first-order valence-corrected chi connectivity index (χ1v) is 10.5. The molecule has 0 amide bonds. The molecular weight excluding hydrogens is 396 g/mol. The number of carbonyl (C=O) groups is 2. The van der Waals surface area contributed by atoms with Crippen molar-refractivity contribution in [2.24, 2.45) is 0 Å². The molecule has 0 aliphatic rings. The van der Waals surface area contributed by atoms with Crippen molar-refractivity contribution in [2.75, 3.05) is 0 Å². The van der Waals surface area contributed by atoms with E-state index in [2.05, 4.69) is 6.07 Å². The number of ketones is 1. The first-order chi connectivity index (χ1) is 15.7. The molecule has 5 aromatic carbocycles. The highest BCUT2D eigenvalue weighted by molar-refractivity contribution is 6.17. The molecular formula is C29H20O3. The molecule has 0 aliphatic carbocycles. The van der Waals surface area contributed by atoms with Gasteiger partial charge in [-0.2, -0.15) is 0 Å². The molecule has 5 aromatic rings. The largest absolute Gasteiger partial charge is 0.445 e. The van der Waals surface area contributed by atoms with E-state index in [1.165, 1.54) is 0 Å². The average molecular weight is 416 g/mol. The highest BCUT2D eigenvalue weighted by atomic mass is 16.5. The molecule has 0 fully saturated rings. The Labute approximate surface area is 185 Å². The maximum absolute atomic E-state index is 13.6. The van der Waals surface area contributed by atoms with Crippen LogP contribution in [-0.4, -0.2) is 11.8 Å². The van der Waals surface area contributed by atoms with Gasteiger partial charge in [-0.05, 0) is 27.6 Å². The van der Waals surface area contributed by atoms with Gasteiger partial charge in [-0.25, -0.2) is 4.79 Å². The summed E-state index contributed by atoms with van der Waals surface area (Å²) >= 11 is 0. The van der Waals surface area contributed by atoms with Crippen LogP contribution in [0.2, 0.25) is 0 Å². The predicted molar refractivity (Wildman–Crippen MR) is 127 cm³/mol. The van der Waals surface area contributed by atoms with E-state index in [-0.39, 0.29) is 5.78 Å². The molecule has 154 valence electrons. The minimum absolute atomic E-state index is 0.255. The monoisotopic (exact) mass is 416 g/mol. The van der Waals surface area contributed by atoms with Gasteiger partial charge in [0.15, 0.2) is 6.10 Å². The van der Waals surface area contributed by atoms with Crippen molar-refractivity contribution in [3.8, 4) is 0 Å². The van der Waals surface area contributed by atoms with Gasteiger partial charge in [-0.3, -0.25) is 4.79 Å². The minimum atomic E-state index is -1.04. The molecule has 32 heavy (non-hydrogen) atoms. The highest BCUT2D eigenvalue weighted by Gasteiger charge is 2.28. The summed E-state index contributed by atoms with van der Waals surface area (Å²) in [6.07, 6.45) is -1.04. The molecule has 1 atom stereocenters. The Bertz CT molecular complexity index is 1370. The number of hydrogen-bond acceptors (Lipinski definition) is 3. The van der Waals surface area contributed by atoms with Gasteiger partial charge in [0.2, 0.25) is 5.78 Å². The fraction of sp³-hybridized carbons (Fsp3) is 0.0345. The molecule has 0 aliphatic heterocycles. The van der Waals surface area contributed by atoms with Crippen molar-refractivity contribution in [1.29, 1.82) is 0 Å². The van der Waals surface area contributed by atoms with Crippen LogP contribution in [0.5, 0.6) is 0 Å². The Kier molecular flexibility index (Phi) is 5.22. The number of rotatable bonds is 5. The van der Waals surface area contributed by atoms with E-state index in [0.29, 0.717) is 16.7 Å². The third-order valence-electron chi connectivity index (χ3n) is 5.60. The van der Waals surface area contributed by atoms with Crippen LogP contribution < -0.4 is 0 Å². The van der Waals surface area contributed by atoms with Crippen LogP contribution in [0.3, 0.4) is 0 Å². The first-order valence-electron chi connectivity index (χ1n) is 10.5. The fourth-order valence-electron chi connectivity index (χ4n) is 4.05. The number of ether oxygens (including phenoxy) is 1. The van der Waals surface area contributed by atoms with Gasteiger partial charge in [0.05, 0.1) is 5.56 Å². The summed E-state index contributed by atoms with van der Waals surface area (Å²) in [7, 11) is 0. The van der Waals surface area contributed by atoms with Crippen LogP contribution in [0.4, 0.5) is 0 Å². The van der Waals surface area contributed by atoms with Crippen LogP contribution in [0.25, 0.3) is 21.5 Å². The summed E-state index contributed by atoms with van der Waals surface area (Å²) in [5.74, 6) is -0.772. The average Bonchev–Trinajstić information content (AvgIpc) is 2.86. The van der Waals surface area contributed by atoms with Gasteiger partial charge < -0.3 is 4.74 Å². The zero-order valence-electron chi connectivity index (χ0n) is 17.3. The van der Waals surface area contributed by atoms with E-state index in [1.54, 1.807) is 36.4 Å². The van der Waals surface area contributed by atoms with E-state index in [0.717, 1.165) is 21.5 Å². The molecule has 3 heteroatoms. The Morgan fingerprint density at radius 1 is 0.594 bits per heavy atom. The van der Waals surface area contributed by atoms with Gasteiger partial charge in [-0.15, -0.1) is 0 Å². The number of Topliss-reactive ketones (excluding diaryl/α,β-unsaturated/α-hetero) is 1. The quantitative estimate of drug-likeness (QED) is 0.180. The molecule has 1 unspecified atom stereocenters. The summed E-state index contributed by atoms with van der Waals surface area (Å²) in [4.78, 5) is 27.0. The number of benzene rings is 5. The van der Waals surface area contributed by atoms with Crippen molar-refractivity contribution in [3.05, 3.63) is 132 Å². The lowest BCUT2D eigenvalue weighted by molar-refractivity contribution is 0.0284. The Morgan fingerprint density at radius 3 is 1.69 bits per heavy atom. The molecule has 0 saturated carbocycles. The van der Waals surface area contributed by atoms with Crippen LogP contribution >= 0.6 is 0 Å². The van der Waals surface area contributed by atoms with Crippen LogP contribution in [0.1, 0.15) is 32.4 Å². The second-order valence-corrected chi connectivity index (χ2v) is 7.62. The zero-order valence-corrected chi connectivity index (χ0v) is 17.3. The molecule has 0 aromatic heterocycles. The zero-order chi connectivity index (χ0) is 21.9. The number of carbonyl (C=O) groups excluding carboxylic acids is 2. The number of esters is 1. The van der Waals surface area contributed by atoms with Crippen molar-refractivity contribution in [1.82, 2.24) is 0 Å². The van der Waals surface area contributed by atoms with E-state index < -0.39 is 12.1 Å². The molecule has 5 rings (SSSR count). The van der Waals surface area contributed by atoms with E-state index in [9.17, 15) is 9.59 Å². The maximum atomic E-state index is 13.6. The first kappa shape index (κ1) is 19.7. The topological polar surface area (TPSA) is 43.4 Å². The van der Waals surface area contributed by atoms with Crippen molar-refractivity contribution < 1.29 is 14.3 Å². The second kappa shape index (κ2) is 8.48. The Hall–Kier alpha value is -4.24. The Balaban J connectivity index is 1.63. The molecule has 0 spiro atoms. The lowest BCUT2D eigenvalue weighted by atomic mass is 9.96. The molecule has 0 N–H and O–H groups in total. The van der Waals surface area contributed by atoms with Gasteiger partial charge in [0, 0.05) is 11.1 Å². The summed E-state index contributed by atoms with van der Waals surface area (Å²) in [5, 5.41) is 3.50. The smallest absolute Gasteiger partial charge is 0.340 e. The summed E-state index contributed by atoms with van der Waals surface area (Å²) in [6, 6.07) is 35.6. The normalized spacial score (nSPS) is 11.9. The van der Waals surface area contributed by atoms with Gasteiger partial charge in [-0.1, -0.05) is 109 Å². The predicted octanol–water partition coefficient (Wildman–Crippen LogP) is 6.77. The van der Waals surface area contributed by atoms with Gasteiger partial charge >= 0.3 is 5.97 Å². The van der Waals surface area contributed by atoms with E-state index >= 15 is 0 Å². The lowest BCUT2D eigenvalue weighted by Gasteiger charge is -2.19. The van der Waals surface area contributed by atoms with E-state index in [4.69, 9.17) is 4.74 Å². The SMILES string of the molecule is O=C(OC(C(=O)c1ccccc1)c1ccccc1)c1c2ccccc2cc2ccccc12. The van der Waals surface area contributed by atoms with Crippen molar-refractivity contribution >= 4 is 33.3 Å². The summed E-state index contributed by atoms with van der Waals surface area (Å²) in [6.45, 7) is 0. The number of hydrogen-bond donors (Lipinski definition) is 0. The third kappa shape index (κ3) is 3.65. The standard InChI is InChI=1S/C29H20O3/c30-27(20-11-3-1-4-12-20)28(21-13-5-2-6-14-21)32-29(31)26-24-17-9-7-15-22(24)19-23-16-8-10-18-25(23)26/h1-19,28H. The molecule has 0 radical (unpaired) electrons. The van der Waals surface area contributed by atoms with Gasteiger partial charge in [0.25, 0.3) is 0 Å². The molecule has 3 nitrogen and oxygen atoms in total. The van der Waals surface area contributed by atoms with E-state index in [1.807, 2.05) is 72.8 Å². The minimum Gasteiger partial charge on any atom is -0.445 e. The highest BCUT2D eigenvalue weighted by Crippen LogP contribution is 2.31. The molecule has 0 heterocycles. The molecule has 0 saturated heterocycles. The Morgan fingerprint density at radius 2 is 1.09 bits per heavy atom. The van der Waals surface area contributed by atoms with Crippen molar-refractivity contribution in [2.45, 2.75) is 6.10 Å². The molecule has 0 bridgehead atoms. The lowest BCUT2D eigenvalue weighted by Crippen LogP contribution is -2.20.